The largest absolute Gasteiger partial charge is 0.355 e. The van der Waals surface area contributed by atoms with E-state index in [1.807, 2.05) is 24.3 Å². The molecule has 0 radical (unpaired) electrons. The average molecular weight is 501 g/mol. The number of carbonyl (C=O) groups excluding carboxylic acids is 1. The molecule has 1 unspecified atom stereocenters. The molecule has 0 aliphatic carbocycles. The van der Waals surface area contributed by atoms with Crippen molar-refractivity contribution in [2.45, 2.75) is 39.3 Å². The van der Waals surface area contributed by atoms with Crippen LogP contribution in [0.3, 0.4) is 0 Å². The molecule has 158 valence electrons. The molecule has 1 heterocycles. The van der Waals surface area contributed by atoms with Gasteiger partial charge in [-0.15, -0.1) is 24.0 Å². The van der Waals surface area contributed by atoms with Gasteiger partial charge in [-0.2, -0.15) is 0 Å². The number of guanidine groups is 1. The third-order valence-electron chi connectivity index (χ3n) is 5.15. The quantitative estimate of drug-likeness (QED) is 0.343. The first kappa shape index (κ1) is 24.7. The van der Waals surface area contributed by atoms with E-state index in [0.717, 1.165) is 18.1 Å². The summed E-state index contributed by atoms with van der Waals surface area (Å²) in [5, 5.41) is 6.85. The van der Waals surface area contributed by atoms with E-state index in [9.17, 15) is 4.79 Å². The number of likely N-dealkylation sites (tertiary alicyclic amines) is 1. The number of nitrogens with zero attached hydrogens (tertiary/aromatic N) is 3. The molecule has 1 aromatic carbocycles. The van der Waals surface area contributed by atoms with Crippen molar-refractivity contribution >= 4 is 35.8 Å². The SMILES string of the molecule is CN=C(NCc1ccc(C(=O)N(C)C)cc1)NCC(C(C)C)N1CCCC1.I. The third-order valence-corrected chi connectivity index (χ3v) is 5.15. The summed E-state index contributed by atoms with van der Waals surface area (Å²) in [7, 11) is 5.33. The number of halogens is 1. The van der Waals surface area contributed by atoms with E-state index in [1.165, 1.54) is 25.9 Å². The van der Waals surface area contributed by atoms with Gasteiger partial charge in [0.1, 0.15) is 0 Å². The van der Waals surface area contributed by atoms with Crippen molar-refractivity contribution in [3.63, 3.8) is 0 Å². The lowest BCUT2D eigenvalue weighted by Crippen LogP contribution is -2.48. The van der Waals surface area contributed by atoms with Crippen LogP contribution in [0.4, 0.5) is 0 Å². The number of benzene rings is 1. The monoisotopic (exact) mass is 501 g/mol. The summed E-state index contributed by atoms with van der Waals surface area (Å²) in [5.41, 5.74) is 1.82. The summed E-state index contributed by atoms with van der Waals surface area (Å²) < 4.78 is 0. The van der Waals surface area contributed by atoms with Gasteiger partial charge >= 0.3 is 0 Å². The molecule has 7 heteroatoms. The fourth-order valence-electron chi connectivity index (χ4n) is 3.49. The second-order valence-corrected chi connectivity index (χ2v) is 7.76. The molecule has 1 atom stereocenters. The molecule has 0 spiro atoms. The molecule has 2 N–H and O–H groups in total. The van der Waals surface area contributed by atoms with Crippen LogP contribution < -0.4 is 10.6 Å². The van der Waals surface area contributed by atoms with E-state index in [1.54, 1.807) is 26.0 Å². The number of aliphatic imine (C=N–C) groups is 1. The van der Waals surface area contributed by atoms with Crippen molar-refractivity contribution in [2.75, 3.05) is 40.8 Å². The van der Waals surface area contributed by atoms with Crippen LogP contribution in [-0.4, -0.2) is 68.5 Å². The standard InChI is InChI=1S/C21H35N5O.HI/c1-16(2)19(26-12-6-7-13-26)15-24-21(22-3)23-14-17-8-10-18(11-9-17)20(27)25(4)5;/h8-11,16,19H,6-7,12-15H2,1-5H3,(H2,22,23,24);1H. The molecule has 0 saturated carbocycles. The van der Waals surface area contributed by atoms with Gasteiger partial charge < -0.3 is 15.5 Å². The minimum absolute atomic E-state index is 0. The van der Waals surface area contributed by atoms with Crippen LogP contribution in [-0.2, 0) is 6.54 Å². The molecule has 28 heavy (non-hydrogen) atoms. The van der Waals surface area contributed by atoms with Crippen molar-refractivity contribution in [1.82, 2.24) is 20.4 Å². The highest BCUT2D eigenvalue weighted by molar-refractivity contribution is 14.0. The second kappa shape index (κ2) is 12.3. The van der Waals surface area contributed by atoms with Gasteiger partial charge in [-0.3, -0.25) is 14.7 Å². The van der Waals surface area contributed by atoms with Crippen molar-refractivity contribution in [3.05, 3.63) is 35.4 Å². The van der Waals surface area contributed by atoms with Gasteiger partial charge in [0.2, 0.25) is 0 Å². The van der Waals surface area contributed by atoms with Crippen LogP contribution in [0.1, 0.15) is 42.6 Å². The molecular formula is C21H36IN5O. The number of hydrogen-bond donors (Lipinski definition) is 2. The summed E-state index contributed by atoms with van der Waals surface area (Å²) >= 11 is 0. The van der Waals surface area contributed by atoms with Gasteiger partial charge in [0.15, 0.2) is 5.96 Å². The Morgan fingerprint density at radius 1 is 1.14 bits per heavy atom. The molecule has 1 aliphatic rings. The number of nitrogens with one attached hydrogen (secondary N) is 2. The van der Waals surface area contributed by atoms with Crippen molar-refractivity contribution in [1.29, 1.82) is 0 Å². The Morgan fingerprint density at radius 3 is 2.25 bits per heavy atom. The average Bonchev–Trinajstić information content (AvgIpc) is 3.18. The van der Waals surface area contributed by atoms with Gasteiger partial charge in [-0.1, -0.05) is 26.0 Å². The van der Waals surface area contributed by atoms with Crippen molar-refractivity contribution < 1.29 is 4.79 Å². The van der Waals surface area contributed by atoms with E-state index >= 15 is 0 Å². The Bertz CT molecular complexity index is 624. The maximum Gasteiger partial charge on any atom is 0.253 e. The zero-order chi connectivity index (χ0) is 19.8. The van der Waals surface area contributed by atoms with Gasteiger partial charge in [0.25, 0.3) is 5.91 Å². The summed E-state index contributed by atoms with van der Waals surface area (Å²) in [6.45, 7) is 8.55. The maximum atomic E-state index is 12.0. The summed E-state index contributed by atoms with van der Waals surface area (Å²) in [6, 6.07) is 8.24. The van der Waals surface area contributed by atoms with Crippen LogP contribution in [0.2, 0.25) is 0 Å². The molecule has 1 amide bonds. The Labute approximate surface area is 187 Å². The molecule has 1 aliphatic heterocycles. The van der Waals surface area contributed by atoms with Crippen LogP contribution in [0.25, 0.3) is 0 Å². The van der Waals surface area contributed by atoms with Gasteiger partial charge in [-0.25, -0.2) is 0 Å². The molecule has 0 bridgehead atoms. The third kappa shape index (κ3) is 7.24. The minimum atomic E-state index is 0. The highest BCUT2D eigenvalue weighted by Crippen LogP contribution is 2.17. The van der Waals surface area contributed by atoms with Gasteiger partial charge in [0.05, 0.1) is 0 Å². The number of rotatable bonds is 7. The Kier molecular flexibility index (Phi) is 10.8. The minimum Gasteiger partial charge on any atom is -0.355 e. The molecular weight excluding hydrogens is 465 g/mol. The fraction of sp³-hybridized carbons (Fsp3) is 0.619. The number of amides is 1. The zero-order valence-electron chi connectivity index (χ0n) is 17.9. The highest BCUT2D eigenvalue weighted by Gasteiger charge is 2.24. The molecule has 6 nitrogen and oxygen atoms in total. The van der Waals surface area contributed by atoms with Crippen LogP contribution in [0.5, 0.6) is 0 Å². The zero-order valence-corrected chi connectivity index (χ0v) is 20.2. The van der Waals surface area contributed by atoms with E-state index < -0.39 is 0 Å². The predicted molar refractivity (Wildman–Crippen MR) is 128 cm³/mol. The number of hydrogen-bond acceptors (Lipinski definition) is 3. The first-order valence-corrected chi connectivity index (χ1v) is 9.91. The van der Waals surface area contributed by atoms with Crippen molar-refractivity contribution in [2.24, 2.45) is 10.9 Å². The predicted octanol–water partition coefficient (Wildman–Crippen LogP) is 2.79. The summed E-state index contributed by atoms with van der Waals surface area (Å²) in [6.07, 6.45) is 2.62. The first-order valence-electron chi connectivity index (χ1n) is 9.91. The molecule has 2 rings (SSSR count). The lowest BCUT2D eigenvalue weighted by Gasteiger charge is -2.31. The second-order valence-electron chi connectivity index (χ2n) is 7.76. The van der Waals surface area contributed by atoms with E-state index in [0.29, 0.717) is 24.1 Å². The molecule has 1 fully saturated rings. The molecule has 1 saturated heterocycles. The summed E-state index contributed by atoms with van der Waals surface area (Å²) in [4.78, 5) is 20.5. The van der Waals surface area contributed by atoms with Crippen LogP contribution >= 0.6 is 24.0 Å². The highest BCUT2D eigenvalue weighted by atomic mass is 127. The lowest BCUT2D eigenvalue weighted by molar-refractivity contribution is 0.0827. The molecule has 0 aromatic heterocycles. The Morgan fingerprint density at radius 2 is 1.75 bits per heavy atom. The normalized spacial score (nSPS) is 15.9. The Hall–Kier alpha value is -1.35. The first-order chi connectivity index (χ1) is 12.9. The topological polar surface area (TPSA) is 60.0 Å². The molecule has 1 aromatic rings. The van der Waals surface area contributed by atoms with Gasteiger partial charge in [0, 0.05) is 45.8 Å². The van der Waals surface area contributed by atoms with E-state index in [4.69, 9.17) is 0 Å². The summed E-state index contributed by atoms with van der Waals surface area (Å²) in [5.74, 6) is 1.44. The lowest BCUT2D eigenvalue weighted by atomic mass is 10.0. The van der Waals surface area contributed by atoms with E-state index in [2.05, 4.69) is 34.4 Å². The fourth-order valence-corrected chi connectivity index (χ4v) is 3.49. The van der Waals surface area contributed by atoms with E-state index in [-0.39, 0.29) is 29.9 Å². The number of carbonyl (C=O) groups is 1. The van der Waals surface area contributed by atoms with Crippen LogP contribution in [0.15, 0.2) is 29.3 Å². The Balaban J connectivity index is 0.00000392. The smallest absolute Gasteiger partial charge is 0.253 e. The van der Waals surface area contributed by atoms with Crippen LogP contribution in [0, 0.1) is 5.92 Å². The van der Waals surface area contributed by atoms with Gasteiger partial charge in [-0.05, 0) is 49.5 Å². The van der Waals surface area contributed by atoms with Crippen molar-refractivity contribution in [3.8, 4) is 0 Å². The maximum absolute atomic E-state index is 12.0.